The van der Waals surface area contributed by atoms with Crippen molar-refractivity contribution >= 4 is 33.1 Å². The first-order chi connectivity index (χ1) is 19.5. The molecule has 3 heterocycles. The summed E-state index contributed by atoms with van der Waals surface area (Å²) in [5.74, 6) is 1.49. The standard InChI is InChI=1S/C36H31N3O/c1-22(2)26-15-10-16-27(23(3)4)33(26)39-35(30-18-11-17-29-28-14-8-9-19-32(28)40-34(29)30)38-31-20-25(21-37-36(31)39)24-12-6-5-7-13-24/h5-23H,1-4H3. The van der Waals surface area contributed by atoms with Crippen molar-refractivity contribution in [3.63, 3.8) is 0 Å². The largest absolute Gasteiger partial charge is 0.455 e. The maximum atomic E-state index is 6.50. The van der Waals surface area contributed by atoms with Crippen molar-refractivity contribution in [2.24, 2.45) is 0 Å². The highest BCUT2D eigenvalue weighted by molar-refractivity contribution is 6.09. The molecule has 0 saturated carbocycles. The van der Waals surface area contributed by atoms with Gasteiger partial charge in [-0.25, -0.2) is 9.97 Å². The van der Waals surface area contributed by atoms with E-state index in [1.54, 1.807) is 0 Å². The molecule has 0 aliphatic heterocycles. The molecule has 0 unspecified atom stereocenters. The number of imidazole rings is 1. The Bertz CT molecular complexity index is 1990. The molecule has 4 heteroatoms. The molecule has 0 aliphatic rings. The number of pyridine rings is 1. The Hall–Kier alpha value is -4.70. The molecule has 0 aliphatic carbocycles. The van der Waals surface area contributed by atoms with E-state index in [0.29, 0.717) is 11.8 Å². The number of hydrogen-bond acceptors (Lipinski definition) is 3. The Morgan fingerprint density at radius 2 is 1.35 bits per heavy atom. The Morgan fingerprint density at radius 1 is 0.675 bits per heavy atom. The lowest BCUT2D eigenvalue weighted by molar-refractivity contribution is 0.669. The molecular formula is C36H31N3O. The number of benzene rings is 4. The Balaban J connectivity index is 1.60. The van der Waals surface area contributed by atoms with Crippen molar-refractivity contribution in [1.29, 1.82) is 0 Å². The molecule has 0 amide bonds. The lowest BCUT2D eigenvalue weighted by Gasteiger charge is -2.22. The van der Waals surface area contributed by atoms with Crippen molar-refractivity contribution in [3.05, 3.63) is 114 Å². The van der Waals surface area contributed by atoms with Crippen LogP contribution in [0.3, 0.4) is 0 Å². The first-order valence-corrected chi connectivity index (χ1v) is 14.0. The van der Waals surface area contributed by atoms with Crippen molar-refractivity contribution in [2.75, 3.05) is 0 Å². The van der Waals surface area contributed by atoms with Crippen molar-refractivity contribution in [3.8, 4) is 28.2 Å². The minimum Gasteiger partial charge on any atom is -0.455 e. The third-order valence-electron chi connectivity index (χ3n) is 7.82. The summed E-state index contributed by atoms with van der Waals surface area (Å²) in [6.07, 6.45) is 1.97. The average molecular weight is 522 g/mol. The monoisotopic (exact) mass is 521 g/mol. The summed E-state index contributed by atoms with van der Waals surface area (Å²) >= 11 is 0. The molecule has 196 valence electrons. The Morgan fingerprint density at radius 3 is 2.10 bits per heavy atom. The van der Waals surface area contributed by atoms with E-state index in [9.17, 15) is 0 Å². The van der Waals surface area contributed by atoms with Gasteiger partial charge in [0.2, 0.25) is 0 Å². The van der Waals surface area contributed by atoms with Gasteiger partial charge >= 0.3 is 0 Å². The molecule has 3 aromatic heterocycles. The highest BCUT2D eigenvalue weighted by Gasteiger charge is 2.25. The van der Waals surface area contributed by atoms with Gasteiger partial charge in [0.15, 0.2) is 11.5 Å². The molecule has 0 fully saturated rings. The summed E-state index contributed by atoms with van der Waals surface area (Å²) in [6.45, 7) is 9.01. The third-order valence-corrected chi connectivity index (χ3v) is 7.82. The number of hydrogen-bond donors (Lipinski definition) is 0. The summed E-state index contributed by atoms with van der Waals surface area (Å²) < 4.78 is 8.77. The number of nitrogens with zero attached hydrogens (tertiary/aromatic N) is 3. The zero-order chi connectivity index (χ0) is 27.4. The molecule has 7 rings (SSSR count). The second-order valence-electron chi connectivity index (χ2n) is 11.1. The number of rotatable bonds is 5. The van der Waals surface area contributed by atoms with Gasteiger partial charge in [0, 0.05) is 22.5 Å². The number of fused-ring (bicyclic) bond motifs is 4. The number of aromatic nitrogens is 3. The maximum absolute atomic E-state index is 6.50. The molecule has 0 saturated heterocycles. The molecule has 0 spiro atoms. The van der Waals surface area contributed by atoms with Crippen LogP contribution in [0.1, 0.15) is 50.7 Å². The van der Waals surface area contributed by atoms with Crippen LogP contribution >= 0.6 is 0 Å². The SMILES string of the molecule is CC(C)c1cccc(C(C)C)c1-n1c(-c2cccc3c2oc2ccccc23)nc2cc(-c3ccccc3)cnc21. The Labute approximate surface area is 233 Å². The van der Waals surface area contributed by atoms with E-state index < -0.39 is 0 Å². The van der Waals surface area contributed by atoms with Gasteiger partial charge in [-0.3, -0.25) is 4.57 Å². The normalized spacial score (nSPS) is 11.9. The van der Waals surface area contributed by atoms with Crippen molar-refractivity contribution in [2.45, 2.75) is 39.5 Å². The van der Waals surface area contributed by atoms with Crippen LogP contribution in [0.5, 0.6) is 0 Å². The predicted molar refractivity (Wildman–Crippen MR) is 165 cm³/mol. The van der Waals surface area contributed by atoms with Crippen molar-refractivity contribution < 1.29 is 4.42 Å². The van der Waals surface area contributed by atoms with Crippen LogP contribution in [0, 0.1) is 0 Å². The van der Waals surface area contributed by atoms with Gasteiger partial charge in [-0.2, -0.15) is 0 Å². The van der Waals surface area contributed by atoms with Gasteiger partial charge in [0.05, 0.1) is 11.3 Å². The fourth-order valence-electron chi connectivity index (χ4n) is 5.84. The molecule has 0 atom stereocenters. The van der Waals surface area contributed by atoms with E-state index in [1.807, 2.05) is 24.4 Å². The highest BCUT2D eigenvalue weighted by atomic mass is 16.3. The van der Waals surface area contributed by atoms with E-state index in [-0.39, 0.29) is 0 Å². The van der Waals surface area contributed by atoms with E-state index in [1.165, 1.54) is 11.1 Å². The predicted octanol–water partition coefficient (Wildman–Crippen LogP) is 9.90. The minimum atomic E-state index is 0.324. The second-order valence-corrected chi connectivity index (χ2v) is 11.1. The molecule has 7 aromatic rings. The quantitative estimate of drug-likeness (QED) is 0.226. The maximum Gasteiger partial charge on any atom is 0.165 e. The summed E-state index contributed by atoms with van der Waals surface area (Å²) in [7, 11) is 0. The zero-order valence-corrected chi connectivity index (χ0v) is 23.2. The molecule has 4 aromatic carbocycles. The Kier molecular flexibility index (Phi) is 5.78. The molecule has 4 nitrogen and oxygen atoms in total. The topological polar surface area (TPSA) is 43.9 Å². The second kappa shape index (κ2) is 9.49. The van der Waals surface area contributed by atoms with Crippen LogP contribution in [0.2, 0.25) is 0 Å². The minimum absolute atomic E-state index is 0.324. The summed E-state index contributed by atoms with van der Waals surface area (Å²) in [6, 6.07) is 33.7. The highest BCUT2D eigenvalue weighted by Crippen LogP contribution is 2.41. The first kappa shape index (κ1) is 24.3. The summed E-state index contributed by atoms with van der Waals surface area (Å²) in [5.41, 5.74) is 10.3. The van der Waals surface area contributed by atoms with Crippen molar-refractivity contribution in [1.82, 2.24) is 14.5 Å². The van der Waals surface area contributed by atoms with Crippen LogP contribution in [0.15, 0.2) is 108 Å². The molecule has 0 N–H and O–H groups in total. The van der Waals surface area contributed by atoms with Gasteiger partial charge in [0.1, 0.15) is 16.7 Å². The lowest BCUT2D eigenvalue weighted by Crippen LogP contribution is -2.09. The number of furan rings is 1. The van der Waals surface area contributed by atoms with E-state index in [4.69, 9.17) is 14.4 Å². The van der Waals surface area contributed by atoms with Crippen LogP contribution in [-0.2, 0) is 0 Å². The molecule has 0 radical (unpaired) electrons. The first-order valence-electron chi connectivity index (χ1n) is 14.0. The van der Waals surface area contributed by atoms with Gasteiger partial charge in [0.25, 0.3) is 0 Å². The fraction of sp³-hybridized carbons (Fsp3) is 0.167. The smallest absolute Gasteiger partial charge is 0.165 e. The average Bonchev–Trinajstić information content (AvgIpc) is 3.55. The summed E-state index contributed by atoms with van der Waals surface area (Å²) in [5, 5.41) is 2.20. The van der Waals surface area contributed by atoms with Crippen LogP contribution in [-0.4, -0.2) is 14.5 Å². The number of para-hydroxylation sites is 3. The van der Waals surface area contributed by atoms with Gasteiger partial charge in [-0.15, -0.1) is 0 Å². The van der Waals surface area contributed by atoms with Crippen LogP contribution in [0.25, 0.3) is 61.3 Å². The van der Waals surface area contributed by atoms with Gasteiger partial charge < -0.3 is 4.42 Å². The van der Waals surface area contributed by atoms with Crippen LogP contribution in [0.4, 0.5) is 0 Å². The van der Waals surface area contributed by atoms with E-state index in [2.05, 4.69) is 111 Å². The zero-order valence-electron chi connectivity index (χ0n) is 23.2. The lowest BCUT2D eigenvalue weighted by atomic mass is 9.92. The summed E-state index contributed by atoms with van der Waals surface area (Å²) in [4.78, 5) is 10.4. The molecule has 40 heavy (non-hydrogen) atoms. The molecular weight excluding hydrogens is 490 g/mol. The fourth-order valence-corrected chi connectivity index (χ4v) is 5.84. The van der Waals surface area contributed by atoms with E-state index in [0.717, 1.165) is 61.3 Å². The van der Waals surface area contributed by atoms with Gasteiger partial charge in [-0.1, -0.05) is 107 Å². The molecule has 0 bridgehead atoms. The van der Waals surface area contributed by atoms with Gasteiger partial charge in [-0.05, 0) is 46.7 Å². The van der Waals surface area contributed by atoms with E-state index >= 15 is 0 Å². The third kappa shape index (κ3) is 3.83. The van der Waals surface area contributed by atoms with Crippen LogP contribution < -0.4 is 0 Å².